The summed E-state index contributed by atoms with van der Waals surface area (Å²) in [6.45, 7) is -0.287. The zero-order valence-electron chi connectivity index (χ0n) is 6.99. The van der Waals surface area contributed by atoms with Crippen LogP contribution in [-0.4, -0.2) is 34.9 Å². The highest BCUT2D eigenvalue weighted by molar-refractivity contribution is 5.76. The normalized spacial score (nSPS) is 27.5. The molecule has 2 atom stereocenters. The maximum Gasteiger partial charge on any atom is 0.220 e. The van der Waals surface area contributed by atoms with Crippen molar-refractivity contribution in [1.82, 2.24) is 5.32 Å². The lowest BCUT2D eigenvalue weighted by atomic mass is 10.1. The molecule has 70 valence electrons. The predicted octanol–water partition coefficient (Wildman–Crippen LogP) is -0.602. The molecule has 1 fully saturated rings. The van der Waals surface area contributed by atoms with Crippen LogP contribution in [0.5, 0.6) is 0 Å². The molecular weight excluding hydrogens is 158 g/mol. The van der Waals surface area contributed by atoms with Crippen molar-refractivity contribution in [2.24, 2.45) is 0 Å². The summed E-state index contributed by atoms with van der Waals surface area (Å²) in [6.07, 6.45) is 2.29. The summed E-state index contributed by atoms with van der Waals surface area (Å²) in [6, 6.07) is -0.259. The number of hydrogen-bond acceptors (Lipinski definition) is 3. The Bertz CT molecular complexity index is 160. The van der Waals surface area contributed by atoms with Gasteiger partial charge in [-0.3, -0.25) is 4.79 Å². The summed E-state index contributed by atoms with van der Waals surface area (Å²) in [7, 11) is 0. The van der Waals surface area contributed by atoms with Crippen molar-refractivity contribution in [3.63, 3.8) is 0 Å². The second-order valence-corrected chi connectivity index (χ2v) is 3.17. The summed E-state index contributed by atoms with van der Waals surface area (Å²) in [5.74, 6) is -0.0231. The highest BCUT2D eigenvalue weighted by Crippen LogP contribution is 2.11. The molecule has 1 saturated heterocycles. The van der Waals surface area contributed by atoms with E-state index in [1.807, 2.05) is 0 Å². The van der Waals surface area contributed by atoms with Gasteiger partial charge in [0.15, 0.2) is 0 Å². The summed E-state index contributed by atoms with van der Waals surface area (Å²) < 4.78 is 0. The molecule has 0 aromatic carbocycles. The molecule has 12 heavy (non-hydrogen) atoms. The Hall–Kier alpha value is -0.610. The highest BCUT2D eigenvalue weighted by Gasteiger charge is 2.22. The molecule has 1 aliphatic heterocycles. The van der Waals surface area contributed by atoms with Gasteiger partial charge < -0.3 is 15.5 Å². The second kappa shape index (κ2) is 4.42. The number of carbonyl (C=O) groups excluding carboxylic acids is 1. The zero-order chi connectivity index (χ0) is 8.97. The largest absolute Gasteiger partial charge is 0.394 e. The molecule has 0 aliphatic carbocycles. The van der Waals surface area contributed by atoms with Crippen molar-refractivity contribution < 1.29 is 15.0 Å². The minimum atomic E-state index is -0.813. The fraction of sp³-hybridized carbons (Fsp3) is 0.875. The van der Waals surface area contributed by atoms with Crippen molar-refractivity contribution in [2.75, 3.05) is 6.61 Å². The lowest BCUT2D eigenvalue weighted by Crippen LogP contribution is -2.43. The number of hydrogen-bond donors (Lipinski definition) is 3. The van der Waals surface area contributed by atoms with E-state index in [1.54, 1.807) is 0 Å². The smallest absolute Gasteiger partial charge is 0.220 e. The molecule has 1 aliphatic rings. The molecule has 1 amide bonds. The maximum atomic E-state index is 11.0. The number of carbonyl (C=O) groups is 1. The summed E-state index contributed by atoms with van der Waals surface area (Å²) in [5, 5.41) is 20.6. The van der Waals surface area contributed by atoms with Gasteiger partial charge in [0.1, 0.15) is 0 Å². The van der Waals surface area contributed by atoms with Crippen LogP contribution >= 0.6 is 0 Å². The van der Waals surface area contributed by atoms with E-state index in [9.17, 15) is 9.90 Å². The molecule has 2 unspecified atom stereocenters. The van der Waals surface area contributed by atoms with Gasteiger partial charge in [0.2, 0.25) is 5.91 Å². The lowest BCUT2D eigenvalue weighted by Gasteiger charge is -2.19. The molecule has 1 heterocycles. The van der Waals surface area contributed by atoms with Crippen molar-refractivity contribution in [1.29, 1.82) is 0 Å². The average molecular weight is 173 g/mol. The monoisotopic (exact) mass is 173 g/mol. The molecule has 0 aromatic rings. The average Bonchev–Trinajstić information content (AvgIpc) is 2.28. The van der Waals surface area contributed by atoms with Gasteiger partial charge >= 0.3 is 0 Å². The van der Waals surface area contributed by atoms with Gasteiger partial charge in [0.05, 0.1) is 18.8 Å². The van der Waals surface area contributed by atoms with Crippen LogP contribution in [0.2, 0.25) is 0 Å². The van der Waals surface area contributed by atoms with Crippen molar-refractivity contribution in [3.8, 4) is 0 Å². The van der Waals surface area contributed by atoms with Crippen LogP contribution in [0.15, 0.2) is 0 Å². The second-order valence-electron chi connectivity index (χ2n) is 3.17. The molecule has 0 bridgehead atoms. The first-order chi connectivity index (χ1) is 5.74. The van der Waals surface area contributed by atoms with Gasteiger partial charge in [0, 0.05) is 6.42 Å². The first kappa shape index (κ1) is 9.48. The molecule has 0 aromatic heterocycles. The zero-order valence-corrected chi connectivity index (χ0v) is 6.99. The molecule has 0 spiro atoms. The van der Waals surface area contributed by atoms with Crippen LogP contribution in [0.3, 0.4) is 0 Å². The minimum Gasteiger partial charge on any atom is -0.394 e. The Morgan fingerprint density at radius 2 is 2.33 bits per heavy atom. The van der Waals surface area contributed by atoms with Gasteiger partial charge in [0.25, 0.3) is 0 Å². The summed E-state index contributed by atoms with van der Waals surface area (Å²) in [4.78, 5) is 11.0. The third-order valence-electron chi connectivity index (χ3n) is 2.17. The van der Waals surface area contributed by atoms with Gasteiger partial charge in [-0.05, 0) is 12.8 Å². The van der Waals surface area contributed by atoms with Crippen LogP contribution < -0.4 is 5.32 Å². The van der Waals surface area contributed by atoms with E-state index < -0.39 is 6.10 Å². The Labute approximate surface area is 71.6 Å². The third kappa shape index (κ3) is 2.46. The number of aliphatic hydroxyl groups is 2. The van der Waals surface area contributed by atoms with E-state index in [-0.39, 0.29) is 18.6 Å². The number of nitrogens with one attached hydrogen (secondary N) is 1. The van der Waals surface area contributed by atoms with Crippen LogP contribution in [-0.2, 0) is 4.79 Å². The quantitative estimate of drug-likeness (QED) is 0.522. The van der Waals surface area contributed by atoms with E-state index in [1.165, 1.54) is 0 Å². The topological polar surface area (TPSA) is 69.6 Å². The minimum absolute atomic E-state index is 0.0231. The molecule has 0 radical (unpaired) electrons. The van der Waals surface area contributed by atoms with Gasteiger partial charge in [-0.1, -0.05) is 6.42 Å². The molecule has 0 saturated carbocycles. The maximum absolute atomic E-state index is 11.0. The molecule has 3 N–H and O–H groups in total. The Balaban J connectivity index is 2.46. The van der Waals surface area contributed by atoms with E-state index in [0.29, 0.717) is 6.42 Å². The standard InChI is InChI=1S/C8H15NO3/c10-5-7(11)6-3-1-2-4-8(12)9-6/h6-7,10-11H,1-5H2,(H,9,12). The fourth-order valence-corrected chi connectivity index (χ4v) is 1.42. The van der Waals surface area contributed by atoms with E-state index in [0.717, 1.165) is 19.3 Å². The lowest BCUT2D eigenvalue weighted by molar-refractivity contribution is -0.122. The van der Waals surface area contributed by atoms with E-state index in [4.69, 9.17) is 5.11 Å². The van der Waals surface area contributed by atoms with E-state index >= 15 is 0 Å². The summed E-state index contributed by atoms with van der Waals surface area (Å²) >= 11 is 0. The molecule has 4 nitrogen and oxygen atoms in total. The predicted molar refractivity (Wildman–Crippen MR) is 43.5 cm³/mol. The molecule has 1 rings (SSSR count). The van der Waals surface area contributed by atoms with Gasteiger partial charge in [-0.15, -0.1) is 0 Å². The number of rotatable bonds is 2. The van der Waals surface area contributed by atoms with Crippen LogP contribution in [0, 0.1) is 0 Å². The Morgan fingerprint density at radius 1 is 1.58 bits per heavy atom. The number of amides is 1. The number of aliphatic hydroxyl groups excluding tert-OH is 2. The molecule has 4 heteroatoms. The van der Waals surface area contributed by atoms with E-state index in [2.05, 4.69) is 5.32 Å². The van der Waals surface area contributed by atoms with Crippen LogP contribution in [0.25, 0.3) is 0 Å². The first-order valence-electron chi connectivity index (χ1n) is 4.32. The van der Waals surface area contributed by atoms with Gasteiger partial charge in [-0.25, -0.2) is 0 Å². The Morgan fingerprint density at radius 3 is 3.00 bits per heavy atom. The SMILES string of the molecule is O=C1CCCCC(C(O)CO)N1. The molecular formula is C8H15NO3. The fourth-order valence-electron chi connectivity index (χ4n) is 1.42. The third-order valence-corrected chi connectivity index (χ3v) is 2.17. The van der Waals surface area contributed by atoms with Crippen LogP contribution in [0.4, 0.5) is 0 Å². The first-order valence-corrected chi connectivity index (χ1v) is 4.32. The van der Waals surface area contributed by atoms with Gasteiger partial charge in [-0.2, -0.15) is 0 Å². The Kier molecular flexibility index (Phi) is 3.49. The summed E-state index contributed by atoms with van der Waals surface area (Å²) in [5.41, 5.74) is 0. The van der Waals surface area contributed by atoms with Crippen LogP contribution in [0.1, 0.15) is 25.7 Å². The highest BCUT2D eigenvalue weighted by atomic mass is 16.3. The van der Waals surface area contributed by atoms with Crippen molar-refractivity contribution in [3.05, 3.63) is 0 Å². The van der Waals surface area contributed by atoms with Crippen molar-refractivity contribution >= 4 is 5.91 Å². The van der Waals surface area contributed by atoms with Crippen molar-refractivity contribution in [2.45, 2.75) is 37.8 Å².